The minimum atomic E-state index is -1.03. The predicted molar refractivity (Wildman–Crippen MR) is 88.3 cm³/mol. The highest BCUT2D eigenvalue weighted by atomic mass is 79.9. The molecule has 1 aromatic rings. The number of carboxylic acid groups (broad SMARTS) is 1. The van der Waals surface area contributed by atoms with Crippen LogP contribution in [0.4, 0.5) is 0 Å². The van der Waals surface area contributed by atoms with Crippen LogP contribution < -0.4 is 10.1 Å². The van der Waals surface area contributed by atoms with Gasteiger partial charge in [-0.15, -0.1) is 0 Å². The average molecular weight is 372 g/mol. The van der Waals surface area contributed by atoms with Gasteiger partial charge in [-0.1, -0.05) is 20.8 Å². The maximum Gasteiger partial charge on any atom is 0.326 e. The number of aliphatic carboxylic acids is 1. The lowest BCUT2D eigenvalue weighted by molar-refractivity contribution is -0.139. The molecule has 1 rings (SSSR count). The number of carbonyl (C=O) groups excluding carboxylic acids is 1. The van der Waals surface area contributed by atoms with Gasteiger partial charge in [0, 0.05) is 4.47 Å². The first-order valence-corrected chi connectivity index (χ1v) is 7.80. The SMILES string of the molecule is COc1ccc(Br)c(C(=O)NC(CCC(C)(C)C)C(=O)O)c1. The van der Waals surface area contributed by atoms with Crippen molar-refractivity contribution in [2.45, 2.75) is 39.7 Å². The Hall–Kier alpha value is -1.56. The first kappa shape index (κ1) is 18.5. The first-order valence-electron chi connectivity index (χ1n) is 7.01. The second kappa shape index (κ2) is 7.63. The van der Waals surface area contributed by atoms with Gasteiger partial charge in [0.15, 0.2) is 0 Å². The van der Waals surface area contributed by atoms with Crippen molar-refractivity contribution in [2.75, 3.05) is 7.11 Å². The summed E-state index contributed by atoms with van der Waals surface area (Å²) in [7, 11) is 1.51. The summed E-state index contributed by atoms with van der Waals surface area (Å²) in [6.07, 6.45) is 1.08. The summed E-state index contributed by atoms with van der Waals surface area (Å²) in [5, 5.41) is 11.9. The van der Waals surface area contributed by atoms with Crippen molar-refractivity contribution in [2.24, 2.45) is 5.41 Å². The Morgan fingerprint density at radius 3 is 2.50 bits per heavy atom. The Kier molecular flexibility index (Phi) is 6.41. The molecule has 0 heterocycles. The molecule has 0 aromatic heterocycles. The van der Waals surface area contributed by atoms with Crippen molar-refractivity contribution in [3.8, 4) is 5.75 Å². The maximum atomic E-state index is 12.3. The van der Waals surface area contributed by atoms with E-state index in [9.17, 15) is 14.7 Å². The molecule has 22 heavy (non-hydrogen) atoms. The second-order valence-corrected chi connectivity index (χ2v) is 7.16. The summed E-state index contributed by atoms with van der Waals surface area (Å²) in [4.78, 5) is 23.7. The lowest BCUT2D eigenvalue weighted by Gasteiger charge is -2.21. The fourth-order valence-electron chi connectivity index (χ4n) is 1.88. The summed E-state index contributed by atoms with van der Waals surface area (Å²) in [6.45, 7) is 6.10. The van der Waals surface area contributed by atoms with Crippen LogP contribution in [0, 0.1) is 5.41 Å². The van der Waals surface area contributed by atoms with Crippen LogP contribution in [0.15, 0.2) is 22.7 Å². The van der Waals surface area contributed by atoms with Gasteiger partial charge in [0.2, 0.25) is 0 Å². The van der Waals surface area contributed by atoms with Gasteiger partial charge in [-0.05, 0) is 52.4 Å². The van der Waals surface area contributed by atoms with Gasteiger partial charge >= 0.3 is 5.97 Å². The van der Waals surface area contributed by atoms with E-state index >= 15 is 0 Å². The number of carbonyl (C=O) groups is 2. The zero-order chi connectivity index (χ0) is 16.9. The third-order valence-corrected chi connectivity index (χ3v) is 3.90. The molecular weight excluding hydrogens is 350 g/mol. The fraction of sp³-hybridized carbons (Fsp3) is 0.500. The van der Waals surface area contributed by atoms with Crippen LogP contribution in [0.1, 0.15) is 44.0 Å². The van der Waals surface area contributed by atoms with Crippen LogP contribution in [0.25, 0.3) is 0 Å². The standard InChI is InChI=1S/C16H22BrNO4/c1-16(2,3)8-7-13(15(20)21)18-14(19)11-9-10(22-4)5-6-12(11)17/h5-6,9,13H,7-8H2,1-4H3,(H,18,19)(H,20,21). The molecule has 0 aliphatic carbocycles. The van der Waals surface area contributed by atoms with Crippen molar-refractivity contribution in [3.63, 3.8) is 0 Å². The van der Waals surface area contributed by atoms with Crippen molar-refractivity contribution >= 4 is 27.8 Å². The third-order valence-electron chi connectivity index (χ3n) is 3.20. The normalized spacial score (nSPS) is 12.6. The van der Waals surface area contributed by atoms with Crippen LogP contribution in [-0.4, -0.2) is 30.1 Å². The Balaban J connectivity index is 2.85. The molecule has 0 bridgehead atoms. The number of halogens is 1. The number of amides is 1. The Morgan fingerprint density at radius 1 is 1.36 bits per heavy atom. The van der Waals surface area contributed by atoms with Crippen LogP contribution in [-0.2, 0) is 4.79 Å². The zero-order valence-electron chi connectivity index (χ0n) is 13.3. The minimum Gasteiger partial charge on any atom is -0.497 e. The van der Waals surface area contributed by atoms with E-state index in [1.807, 2.05) is 20.8 Å². The van der Waals surface area contributed by atoms with Crippen LogP contribution in [0.2, 0.25) is 0 Å². The van der Waals surface area contributed by atoms with E-state index in [0.717, 1.165) is 0 Å². The van der Waals surface area contributed by atoms with Gasteiger partial charge in [-0.3, -0.25) is 4.79 Å². The molecular formula is C16H22BrNO4. The lowest BCUT2D eigenvalue weighted by atomic mass is 9.88. The molecule has 0 aliphatic heterocycles. The van der Waals surface area contributed by atoms with Gasteiger partial charge in [-0.2, -0.15) is 0 Å². The molecule has 6 heteroatoms. The smallest absolute Gasteiger partial charge is 0.326 e. The van der Waals surface area contributed by atoms with E-state index in [4.69, 9.17) is 4.74 Å². The van der Waals surface area contributed by atoms with Crippen molar-refractivity contribution in [3.05, 3.63) is 28.2 Å². The van der Waals surface area contributed by atoms with E-state index in [1.54, 1.807) is 18.2 Å². The molecule has 0 saturated carbocycles. The molecule has 0 fully saturated rings. The molecule has 0 spiro atoms. The largest absolute Gasteiger partial charge is 0.497 e. The van der Waals surface area contributed by atoms with Crippen LogP contribution in [0.5, 0.6) is 5.75 Å². The molecule has 0 radical (unpaired) electrons. The lowest BCUT2D eigenvalue weighted by Crippen LogP contribution is -2.41. The number of carboxylic acids is 1. The Labute approximate surface area is 139 Å². The topological polar surface area (TPSA) is 75.6 Å². The summed E-state index contributed by atoms with van der Waals surface area (Å²) in [5.41, 5.74) is 0.357. The van der Waals surface area contributed by atoms with Gasteiger partial charge < -0.3 is 15.2 Å². The summed E-state index contributed by atoms with van der Waals surface area (Å²) < 4.78 is 5.68. The number of methoxy groups -OCH3 is 1. The minimum absolute atomic E-state index is 0.00891. The highest BCUT2D eigenvalue weighted by Crippen LogP contribution is 2.24. The van der Waals surface area contributed by atoms with Crippen molar-refractivity contribution in [1.82, 2.24) is 5.32 Å². The fourth-order valence-corrected chi connectivity index (χ4v) is 2.30. The third kappa shape index (κ3) is 5.67. The van der Waals surface area contributed by atoms with E-state index < -0.39 is 17.9 Å². The average Bonchev–Trinajstić information content (AvgIpc) is 2.42. The predicted octanol–water partition coefficient (Wildman–Crippen LogP) is 3.47. The molecule has 1 atom stereocenters. The molecule has 2 N–H and O–H groups in total. The molecule has 1 unspecified atom stereocenters. The first-order chi connectivity index (χ1) is 10.1. The molecule has 1 aromatic carbocycles. The Bertz CT molecular complexity index is 552. The number of benzene rings is 1. The quantitative estimate of drug-likeness (QED) is 0.802. The van der Waals surface area contributed by atoms with E-state index in [-0.39, 0.29) is 5.41 Å². The monoisotopic (exact) mass is 371 g/mol. The summed E-state index contributed by atoms with van der Waals surface area (Å²) >= 11 is 3.29. The highest BCUT2D eigenvalue weighted by molar-refractivity contribution is 9.10. The number of ether oxygens (including phenoxy) is 1. The van der Waals surface area contributed by atoms with Gasteiger partial charge in [0.05, 0.1) is 12.7 Å². The Morgan fingerprint density at radius 2 is 2.00 bits per heavy atom. The number of nitrogens with one attached hydrogen (secondary N) is 1. The molecule has 0 saturated heterocycles. The summed E-state index contributed by atoms with van der Waals surface area (Å²) in [5.74, 6) is -0.932. The highest BCUT2D eigenvalue weighted by Gasteiger charge is 2.24. The number of hydrogen-bond donors (Lipinski definition) is 2. The van der Waals surface area contributed by atoms with Gasteiger partial charge in [0.1, 0.15) is 11.8 Å². The molecule has 122 valence electrons. The van der Waals surface area contributed by atoms with Crippen molar-refractivity contribution < 1.29 is 19.4 Å². The molecule has 1 amide bonds. The number of hydrogen-bond acceptors (Lipinski definition) is 3. The second-order valence-electron chi connectivity index (χ2n) is 6.31. The van der Waals surface area contributed by atoms with E-state index in [0.29, 0.717) is 28.6 Å². The van der Waals surface area contributed by atoms with Crippen LogP contribution >= 0.6 is 15.9 Å². The maximum absolute atomic E-state index is 12.3. The number of rotatable bonds is 6. The van der Waals surface area contributed by atoms with Crippen LogP contribution in [0.3, 0.4) is 0 Å². The zero-order valence-corrected chi connectivity index (χ0v) is 14.9. The van der Waals surface area contributed by atoms with Gasteiger partial charge in [0.25, 0.3) is 5.91 Å². The van der Waals surface area contributed by atoms with E-state index in [1.165, 1.54) is 7.11 Å². The van der Waals surface area contributed by atoms with Gasteiger partial charge in [-0.25, -0.2) is 4.79 Å². The molecule has 0 aliphatic rings. The molecule has 5 nitrogen and oxygen atoms in total. The summed E-state index contributed by atoms with van der Waals surface area (Å²) in [6, 6.07) is 4.07. The van der Waals surface area contributed by atoms with Crippen molar-refractivity contribution in [1.29, 1.82) is 0 Å². The van der Waals surface area contributed by atoms with E-state index in [2.05, 4.69) is 21.2 Å².